The Kier molecular flexibility index (Phi) is 4.47. The van der Waals surface area contributed by atoms with E-state index in [0.29, 0.717) is 18.1 Å². The number of halogens is 1. The Morgan fingerprint density at radius 1 is 1.12 bits per heavy atom. The zero-order valence-corrected chi connectivity index (χ0v) is 14.9. The van der Waals surface area contributed by atoms with E-state index in [2.05, 4.69) is 5.32 Å². The first-order valence-electron chi connectivity index (χ1n) is 8.05. The van der Waals surface area contributed by atoms with Crippen molar-refractivity contribution in [3.05, 3.63) is 81.0 Å². The second kappa shape index (κ2) is 6.90. The number of amides is 1. The average molecular weight is 370 g/mol. The van der Waals surface area contributed by atoms with Crippen LogP contribution in [0.3, 0.4) is 0 Å². The Balaban J connectivity index is 1.64. The van der Waals surface area contributed by atoms with Crippen molar-refractivity contribution in [1.29, 1.82) is 0 Å². The molecule has 0 spiro atoms. The van der Waals surface area contributed by atoms with Crippen LogP contribution in [0, 0.1) is 0 Å². The number of hydrogen-bond acceptors (Lipinski definition) is 3. The Morgan fingerprint density at radius 2 is 1.92 bits per heavy atom. The van der Waals surface area contributed by atoms with Crippen LogP contribution in [-0.4, -0.2) is 5.91 Å². The molecule has 0 unspecified atom stereocenters. The lowest BCUT2D eigenvalue weighted by Gasteiger charge is -2.24. The van der Waals surface area contributed by atoms with Crippen molar-refractivity contribution in [3.8, 4) is 5.75 Å². The highest BCUT2D eigenvalue weighted by Crippen LogP contribution is 2.43. The Hall–Kier alpha value is -2.30. The second-order valence-electron chi connectivity index (χ2n) is 5.92. The molecular formula is C20H16ClNO2S. The molecular weight excluding hydrogens is 354 g/mol. The van der Waals surface area contributed by atoms with Gasteiger partial charge in [-0.2, -0.15) is 0 Å². The summed E-state index contributed by atoms with van der Waals surface area (Å²) >= 11 is 7.88. The van der Waals surface area contributed by atoms with E-state index in [1.165, 1.54) is 4.88 Å². The van der Waals surface area contributed by atoms with E-state index >= 15 is 0 Å². The van der Waals surface area contributed by atoms with Crippen molar-refractivity contribution in [2.75, 3.05) is 5.32 Å². The maximum absolute atomic E-state index is 12.1. The first-order valence-corrected chi connectivity index (χ1v) is 9.30. The van der Waals surface area contributed by atoms with Crippen LogP contribution in [0.5, 0.6) is 5.75 Å². The number of fused-ring (bicyclic) bond motifs is 1. The van der Waals surface area contributed by atoms with Crippen LogP contribution < -0.4 is 10.1 Å². The third-order valence-corrected chi connectivity index (χ3v) is 5.71. The summed E-state index contributed by atoms with van der Waals surface area (Å²) in [5, 5.41) is 5.64. The van der Waals surface area contributed by atoms with Gasteiger partial charge in [-0.15, -0.1) is 11.3 Å². The Morgan fingerprint density at radius 3 is 2.80 bits per heavy atom. The largest absolute Gasteiger partial charge is 0.489 e. The summed E-state index contributed by atoms with van der Waals surface area (Å²) < 4.78 is 6.07. The predicted octanol–water partition coefficient (Wildman–Crippen LogP) is 5.45. The van der Waals surface area contributed by atoms with Gasteiger partial charge >= 0.3 is 0 Å². The van der Waals surface area contributed by atoms with Crippen molar-refractivity contribution in [1.82, 2.24) is 0 Å². The molecule has 0 saturated heterocycles. The first kappa shape index (κ1) is 16.2. The maximum atomic E-state index is 12.1. The third kappa shape index (κ3) is 3.28. The Labute approximate surface area is 155 Å². The van der Waals surface area contributed by atoms with Gasteiger partial charge in [-0.1, -0.05) is 48.0 Å². The van der Waals surface area contributed by atoms with E-state index in [0.717, 1.165) is 22.6 Å². The van der Waals surface area contributed by atoms with Crippen molar-refractivity contribution >= 4 is 34.5 Å². The summed E-state index contributed by atoms with van der Waals surface area (Å²) in [5.41, 5.74) is 2.89. The number of para-hydroxylation sites is 1. The minimum atomic E-state index is 0.0196. The second-order valence-corrected chi connectivity index (χ2v) is 7.28. The number of ether oxygens (including phenoxy) is 1. The molecule has 25 heavy (non-hydrogen) atoms. The first-order chi connectivity index (χ1) is 12.2. The molecule has 5 heteroatoms. The maximum Gasteiger partial charge on any atom is 0.225 e. The molecule has 2 heterocycles. The van der Waals surface area contributed by atoms with Gasteiger partial charge in [0.2, 0.25) is 5.91 Å². The smallest absolute Gasteiger partial charge is 0.225 e. The van der Waals surface area contributed by atoms with Gasteiger partial charge in [0.1, 0.15) is 12.4 Å². The molecule has 4 rings (SSSR count). The molecule has 0 radical (unpaired) electrons. The molecule has 1 amide bonds. The number of carbonyl (C=O) groups excluding carboxylic acids is 1. The fourth-order valence-electron chi connectivity index (χ4n) is 3.10. The minimum absolute atomic E-state index is 0.0196. The van der Waals surface area contributed by atoms with Crippen LogP contribution in [0.4, 0.5) is 5.69 Å². The minimum Gasteiger partial charge on any atom is -0.489 e. The monoisotopic (exact) mass is 369 g/mol. The third-order valence-electron chi connectivity index (χ3n) is 4.31. The SMILES string of the molecule is O=C1C[C@H](c2ccccc2OCc2ccccc2Cl)c2sccc2N1. The van der Waals surface area contributed by atoms with E-state index in [1.54, 1.807) is 11.3 Å². The topological polar surface area (TPSA) is 38.3 Å². The fourth-order valence-corrected chi connectivity index (χ4v) is 4.26. The van der Waals surface area contributed by atoms with E-state index in [-0.39, 0.29) is 11.8 Å². The van der Waals surface area contributed by atoms with Gasteiger partial charge in [0.05, 0.1) is 5.69 Å². The molecule has 0 aliphatic carbocycles. The number of benzene rings is 2. The lowest BCUT2D eigenvalue weighted by Crippen LogP contribution is -2.22. The summed E-state index contributed by atoms with van der Waals surface area (Å²) in [6.45, 7) is 0.396. The highest BCUT2D eigenvalue weighted by Gasteiger charge is 2.29. The lowest BCUT2D eigenvalue weighted by molar-refractivity contribution is -0.116. The molecule has 1 N–H and O–H groups in total. The van der Waals surface area contributed by atoms with Crippen LogP contribution in [0.2, 0.25) is 5.02 Å². The summed E-state index contributed by atoms with van der Waals surface area (Å²) in [7, 11) is 0. The van der Waals surface area contributed by atoms with E-state index in [1.807, 2.05) is 60.0 Å². The van der Waals surface area contributed by atoms with Gasteiger partial charge in [-0.05, 0) is 23.6 Å². The summed E-state index contributed by atoms with van der Waals surface area (Å²) in [6.07, 6.45) is 0.431. The highest BCUT2D eigenvalue weighted by molar-refractivity contribution is 7.10. The van der Waals surface area contributed by atoms with Crippen LogP contribution in [-0.2, 0) is 11.4 Å². The number of carbonyl (C=O) groups is 1. The molecule has 0 saturated carbocycles. The van der Waals surface area contributed by atoms with Gasteiger partial charge in [0, 0.05) is 33.4 Å². The number of thiophene rings is 1. The van der Waals surface area contributed by atoms with Crippen LogP contribution in [0.25, 0.3) is 0 Å². The van der Waals surface area contributed by atoms with Gasteiger partial charge in [-0.25, -0.2) is 0 Å². The summed E-state index contributed by atoms with van der Waals surface area (Å²) in [5.74, 6) is 0.851. The van der Waals surface area contributed by atoms with Crippen molar-refractivity contribution in [2.45, 2.75) is 18.9 Å². The van der Waals surface area contributed by atoms with Crippen LogP contribution >= 0.6 is 22.9 Å². The fraction of sp³-hybridized carbons (Fsp3) is 0.150. The standard InChI is InChI=1S/C20H16ClNO2S/c21-16-7-3-1-5-13(16)12-24-18-8-4-2-6-14(18)15-11-19(23)22-17-9-10-25-20(15)17/h1-10,15H,11-12H2,(H,22,23)/t15-/m1/s1. The normalized spacial score (nSPS) is 16.2. The number of nitrogens with one attached hydrogen (secondary N) is 1. The molecule has 2 aromatic carbocycles. The van der Waals surface area contributed by atoms with Crippen molar-refractivity contribution in [3.63, 3.8) is 0 Å². The molecule has 0 bridgehead atoms. The van der Waals surface area contributed by atoms with E-state index in [9.17, 15) is 4.79 Å². The van der Waals surface area contributed by atoms with Crippen LogP contribution in [0.15, 0.2) is 60.0 Å². The molecule has 1 atom stereocenters. The van der Waals surface area contributed by atoms with Gasteiger partial charge < -0.3 is 10.1 Å². The van der Waals surface area contributed by atoms with Gasteiger partial charge in [0.15, 0.2) is 0 Å². The Bertz CT molecular complexity index is 921. The molecule has 0 fully saturated rings. The van der Waals surface area contributed by atoms with Gasteiger partial charge in [0.25, 0.3) is 0 Å². The molecule has 1 aliphatic heterocycles. The highest BCUT2D eigenvalue weighted by atomic mass is 35.5. The summed E-state index contributed by atoms with van der Waals surface area (Å²) in [6, 6.07) is 17.5. The number of rotatable bonds is 4. The van der Waals surface area contributed by atoms with E-state index < -0.39 is 0 Å². The molecule has 3 aromatic rings. The molecule has 1 aliphatic rings. The molecule has 126 valence electrons. The zero-order chi connectivity index (χ0) is 17.2. The van der Waals surface area contributed by atoms with Gasteiger partial charge in [-0.3, -0.25) is 4.79 Å². The summed E-state index contributed by atoms with van der Waals surface area (Å²) in [4.78, 5) is 13.3. The zero-order valence-electron chi connectivity index (χ0n) is 13.4. The quantitative estimate of drug-likeness (QED) is 0.663. The van der Waals surface area contributed by atoms with Crippen LogP contribution in [0.1, 0.15) is 28.3 Å². The number of anilines is 1. The van der Waals surface area contributed by atoms with E-state index in [4.69, 9.17) is 16.3 Å². The average Bonchev–Trinajstić information content (AvgIpc) is 3.09. The lowest BCUT2D eigenvalue weighted by atomic mass is 9.90. The van der Waals surface area contributed by atoms with Crippen molar-refractivity contribution < 1.29 is 9.53 Å². The van der Waals surface area contributed by atoms with Crippen molar-refractivity contribution in [2.24, 2.45) is 0 Å². The predicted molar refractivity (Wildman–Crippen MR) is 102 cm³/mol. The molecule has 3 nitrogen and oxygen atoms in total. The number of hydrogen-bond donors (Lipinski definition) is 1. The molecule has 1 aromatic heterocycles.